The molecule has 0 spiro atoms. The lowest BCUT2D eigenvalue weighted by Crippen LogP contribution is -2.18. The van der Waals surface area contributed by atoms with Crippen LogP contribution >= 0.6 is 11.8 Å². The van der Waals surface area contributed by atoms with Crippen molar-refractivity contribution in [2.24, 2.45) is 0 Å². The maximum absolute atomic E-state index is 13.4. The summed E-state index contributed by atoms with van der Waals surface area (Å²) in [6.45, 7) is 5.81. The Morgan fingerprint density at radius 2 is 2.00 bits per heavy atom. The molecular formula is C13H16F2OS. The number of hydrogen-bond donors (Lipinski definition) is 0. The highest BCUT2D eigenvalue weighted by Gasteiger charge is 2.21. The first-order valence-electron chi connectivity index (χ1n) is 5.60. The summed E-state index contributed by atoms with van der Waals surface area (Å²) in [7, 11) is 0. The van der Waals surface area contributed by atoms with Crippen molar-refractivity contribution in [2.45, 2.75) is 37.7 Å². The molecule has 0 heterocycles. The molecule has 0 fully saturated rings. The van der Waals surface area contributed by atoms with Gasteiger partial charge in [-0.25, -0.2) is 8.78 Å². The van der Waals surface area contributed by atoms with E-state index in [1.165, 1.54) is 17.8 Å². The van der Waals surface area contributed by atoms with E-state index in [4.69, 9.17) is 0 Å². The molecule has 0 aliphatic rings. The number of Topliss-reactive ketones (excluding diaryl/α,β-unsaturated/α-hetero) is 1. The summed E-state index contributed by atoms with van der Waals surface area (Å²) in [6, 6.07) is 3.06. The number of carbonyl (C=O) groups is 1. The van der Waals surface area contributed by atoms with Crippen LogP contribution in [0.25, 0.3) is 0 Å². The van der Waals surface area contributed by atoms with Crippen LogP contribution in [0.4, 0.5) is 8.78 Å². The number of ketones is 1. The summed E-state index contributed by atoms with van der Waals surface area (Å²) in [4.78, 5) is 11.9. The highest BCUT2D eigenvalue weighted by atomic mass is 32.2. The fourth-order valence-corrected chi connectivity index (χ4v) is 2.55. The third kappa shape index (κ3) is 3.80. The van der Waals surface area contributed by atoms with Crippen LogP contribution in [-0.4, -0.2) is 16.3 Å². The second kappa shape index (κ2) is 6.15. The van der Waals surface area contributed by atoms with Crippen LogP contribution in [0.2, 0.25) is 0 Å². The molecule has 0 radical (unpaired) electrons. The Labute approximate surface area is 105 Å². The molecule has 0 saturated carbocycles. The summed E-state index contributed by atoms with van der Waals surface area (Å²) < 4.78 is 26.1. The largest absolute Gasteiger partial charge is 0.293 e. The average molecular weight is 258 g/mol. The minimum absolute atomic E-state index is 0.0327. The highest BCUT2D eigenvalue weighted by Crippen LogP contribution is 2.24. The number of thioether (sulfide) groups is 1. The van der Waals surface area contributed by atoms with Gasteiger partial charge in [-0.15, -0.1) is 11.8 Å². The van der Waals surface area contributed by atoms with Crippen molar-refractivity contribution in [2.75, 3.05) is 0 Å². The molecule has 1 aromatic rings. The summed E-state index contributed by atoms with van der Waals surface area (Å²) in [5, 5.41) is 0.0300. The van der Waals surface area contributed by atoms with Gasteiger partial charge in [-0.05, 0) is 25.5 Å². The van der Waals surface area contributed by atoms with E-state index in [2.05, 4.69) is 0 Å². The molecule has 2 unspecified atom stereocenters. The van der Waals surface area contributed by atoms with Crippen LogP contribution < -0.4 is 0 Å². The van der Waals surface area contributed by atoms with Gasteiger partial charge in [0.25, 0.3) is 0 Å². The molecule has 0 aliphatic carbocycles. The van der Waals surface area contributed by atoms with Crippen LogP contribution in [0, 0.1) is 11.6 Å². The van der Waals surface area contributed by atoms with E-state index < -0.39 is 11.6 Å². The first-order chi connectivity index (χ1) is 7.95. The third-order valence-corrected chi connectivity index (χ3v) is 4.00. The van der Waals surface area contributed by atoms with Crippen molar-refractivity contribution < 1.29 is 13.6 Å². The molecule has 0 amide bonds. The molecule has 0 aromatic heterocycles. The minimum Gasteiger partial charge on any atom is -0.293 e. The van der Waals surface area contributed by atoms with Gasteiger partial charge in [0.05, 0.1) is 10.8 Å². The molecule has 1 aromatic carbocycles. The Balaban J connectivity index is 2.81. The fraction of sp³-hybridized carbons (Fsp3) is 0.462. The van der Waals surface area contributed by atoms with Crippen LogP contribution in [-0.2, 0) is 0 Å². The molecule has 0 bridgehead atoms. The Morgan fingerprint density at radius 1 is 1.35 bits per heavy atom. The van der Waals surface area contributed by atoms with Gasteiger partial charge in [0, 0.05) is 11.3 Å². The van der Waals surface area contributed by atoms with Crippen molar-refractivity contribution in [1.29, 1.82) is 0 Å². The molecular weight excluding hydrogens is 242 g/mol. The van der Waals surface area contributed by atoms with Gasteiger partial charge in [-0.2, -0.15) is 0 Å². The van der Waals surface area contributed by atoms with Crippen molar-refractivity contribution in [3.8, 4) is 0 Å². The summed E-state index contributed by atoms with van der Waals surface area (Å²) in [5.41, 5.74) is -0.0327. The first-order valence-corrected chi connectivity index (χ1v) is 6.54. The molecule has 94 valence electrons. The van der Waals surface area contributed by atoms with Crippen LogP contribution in [0.1, 0.15) is 37.6 Å². The lowest BCUT2D eigenvalue weighted by atomic mass is 10.1. The SMILES string of the molecule is CCC(C)SC(C)C(=O)c1ccc(F)cc1F. The van der Waals surface area contributed by atoms with Gasteiger partial charge in [0.1, 0.15) is 11.6 Å². The number of carbonyl (C=O) groups excluding carboxylic acids is 1. The van der Waals surface area contributed by atoms with Crippen LogP contribution in [0.3, 0.4) is 0 Å². The monoisotopic (exact) mass is 258 g/mol. The predicted molar refractivity (Wildman–Crippen MR) is 67.5 cm³/mol. The van der Waals surface area contributed by atoms with E-state index in [0.29, 0.717) is 5.25 Å². The molecule has 0 N–H and O–H groups in total. The molecule has 4 heteroatoms. The van der Waals surface area contributed by atoms with Crippen molar-refractivity contribution in [3.63, 3.8) is 0 Å². The summed E-state index contributed by atoms with van der Waals surface area (Å²) in [6.07, 6.45) is 0.953. The van der Waals surface area contributed by atoms with E-state index in [9.17, 15) is 13.6 Å². The minimum atomic E-state index is -0.786. The summed E-state index contributed by atoms with van der Waals surface area (Å²) >= 11 is 1.51. The Hall–Kier alpha value is -0.900. The zero-order chi connectivity index (χ0) is 13.0. The van der Waals surface area contributed by atoms with E-state index in [1.807, 2.05) is 13.8 Å². The van der Waals surface area contributed by atoms with Crippen molar-refractivity contribution >= 4 is 17.5 Å². The average Bonchev–Trinajstić information content (AvgIpc) is 2.28. The molecule has 1 nitrogen and oxygen atoms in total. The number of halogens is 2. The van der Waals surface area contributed by atoms with E-state index in [-0.39, 0.29) is 16.6 Å². The smallest absolute Gasteiger partial charge is 0.178 e. The first kappa shape index (κ1) is 14.2. The maximum atomic E-state index is 13.4. The van der Waals surface area contributed by atoms with Crippen molar-refractivity contribution in [3.05, 3.63) is 35.4 Å². The summed E-state index contributed by atoms with van der Waals surface area (Å²) in [5.74, 6) is -1.74. The topological polar surface area (TPSA) is 17.1 Å². The second-order valence-corrected chi connectivity index (χ2v) is 5.77. The fourth-order valence-electron chi connectivity index (χ4n) is 1.41. The van der Waals surface area contributed by atoms with Crippen LogP contribution in [0.15, 0.2) is 18.2 Å². The van der Waals surface area contributed by atoms with Gasteiger partial charge in [0.2, 0.25) is 0 Å². The second-order valence-electron chi connectivity index (χ2n) is 3.99. The highest BCUT2D eigenvalue weighted by molar-refractivity contribution is 8.01. The van der Waals surface area contributed by atoms with Gasteiger partial charge in [0.15, 0.2) is 5.78 Å². The zero-order valence-electron chi connectivity index (χ0n) is 10.2. The molecule has 17 heavy (non-hydrogen) atoms. The Bertz CT molecular complexity index is 406. The molecule has 2 atom stereocenters. The predicted octanol–water partition coefficient (Wildman–Crippen LogP) is 4.07. The maximum Gasteiger partial charge on any atom is 0.178 e. The Morgan fingerprint density at radius 3 is 2.53 bits per heavy atom. The normalized spacial score (nSPS) is 14.4. The number of hydrogen-bond acceptors (Lipinski definition) is 2. The van der Waals surface area contributed by atoms with Gasteiger partial charge in [-0.3, -0.25) is 4.79 Å². The quantitative estimate of drug-likeness (QED) is 0.741. The van der Waals surface area contributed by atoms with Crippen molar-refractivity contribution in [1.82, 2.24) is 0 Å². The van der Waals surface area contributed by atoms with Gasteiger partial charge in [-0.1, -0.05) is 13.8 Å². The van der Waals surface area contributed by atoms with E-state index >= 15 is 0 Å². The number of benzene rings is 1. The van der Waals surface area contributed by atoms with E-state index in [0.717, 1.165) is 18.6 Å². The standard InChI is InChI=1S/C13H16F2OS/c1-4-8(2)17-9(3)13(16)11-6-5-10(14)7-12(11)15/h5-9H,4H2,1-3H3. The molecule has 1 rings (SSSR count). The lowest BCUT2D eigenvalue weighted by molar-refractivity contribution is 0.0990. The lowest BCUT2D eigenvalue weighted by Gasteiger charge is -2.15. The van der Waals surface area contributed by atoms with Gasteiger partial charge >= 0.3 is 0 Å². The van der Waals surface area contributed by atoms with E-state index in [1.54, 1.807) is 6.92 Å². The molecule has 0 saturated heterocycles. The molecule has 0 aliphatic heterocycles. The van der Waals surface area contributed by atoms with Crippen LogP contribution in [0.5, 0.6) is 0 Å². The number of rotatable bonds is 5. The zero-order valence-corrected chi connectivity index (χ0v) is 11.0. The Kier molecular flexibility index (Phi) is 5.12. The van der Waals surface area contributed by atoms with Gasteiger partial charge < -0.3 is 0 Å². The third-order valence-electron chi connectivity index (χ3n) is 2.58.